The van der Waals surface area contributed by atoms with Crippen molar-refractivity contribution < 1.29 is 14.0 Å². The van der Waals surface area contributed by atoms with Gasteiger partial charge in [-0.2, -0.15) is 0 Å². The molecule has 1 saturated heterocycles. The van der Waals surface area contributed by atoms with Crippen LogP contribution in [0.15, 0.2) is 53.5 Å². The molecule has 2 amide bonds. The van der Waals surface area contributed by atoms with Gasteiger partial charge in [-0.1, -0.05) is 18.2 Å². The van der Waals surface area contributed by atoms with Gasteiger partial charge in [0.2, 0.25) is 5.91 Å². The highest BCUT2D eigenvalue weighted by atomic mass is 19.1. The summed E-state index contributed by atoms with van der Waals surface area (Å²) in [4.78, 5) is 40.0. The highest BCUT2D eigenvalue weighted by molar-refractivity contribution is 5.94. The van der Waals surface area contributed by atoms with Crippen LogP contribution in [0.5, 0.6) is 0 Å². The van der Waals surface area contributed by atoms with E-state index < -0.39 is 5.82 Å². The number of rotatable bonds is 4. The minimum absolute atomic E-state index is 0.0501. The molecule has 1 aromatic heterocycles. The van der Waals surface area contributed by atoms with E-state index in [1.54, 1.807) is 40.3 Å². The van der Waals surface area contributed by atoms with Crippen molar-refractivity contribution in [1.29, 1.82) is 0 Å². The van der Waals surface area contributed by atoms with E-state index in [4.69, 9.17) is 0 Å². The number of amides is 2. The molecule has 1 aliphatic heterocycles. The maximum atomic E-state index is 13.9. The zero-order chi connectivity index (χ0) is 19.2. The molecule has 0 bridgehead atoms. The molecule has 0 aliphatic carbocycles. The standard InChI is InChI=1S/C20H22FN3O3/c21-17-7-2-1-6-16(17)20(27)24-12-5-11-23(14-15-24)19(26)9-13-22-10-4-3-8-18(22)25/h1-4,6-8,10H,5,9,11-15H2. The number of halogens is 1. The number of carbonyl (C=O) groups is 2. The number of hydrogen-bond donors (Lipinski definition) is 0. The fraction of sp³-hybridized carbons (Fsp3) is 0.350. The first-order valence-electron chi connectivity index (χ1n) is 9.03. The lowest BCUT2D eigenvalue weighted by Crippen LogP contribution is -2.38. The van der Waals surface area contributed by atoms with Gasteiger partial charge < -0.3 is 14.4 Å². The van der Waals surface area contributed by atoms with Crippen molar-refractivity contribution in [2.24, 2.45) is 0 Å². The molecule has 1 fully saturated rings. The minimum Gasteiger partial charge on any atom is -0.341 e. The smallest absolute Gasteiger partial charge is 0.256 e. The second-order valence-electron chi connectivity index (χ2n) is 6.49. The fourth-order valence-electron chi connectivity index (χ4n) is 3.19. The van der Waals surface area contributed by atoms with Crippen molar-refractivity contribution in [3.63, 3.8) is 0 Å². The van der Waals surface area contributed by atoms with Gasteiger partial charge in [0.15, 0.2) is 0 Å². The molecular formula is C20H22FN3O3. The van der Waals surface area contributed by atoms with Crippen LogP contribution in [-0.2, 0) is 11.3 Å². The van der Waals surface area contributed by atoms with Crippen molar-refractivity contribution in [3.8, 4) is 0 Å². The van der Waals surface area contributed by atoms with Gasteiger partial charge in [0.05, 0.1) is 5.56 Å². The summed E-state index contributed by atoms with van der Waals surface area (Å²) >= 11 is 0. The number of nitrogens with zero attached hydrogens (tertiary/aromatic N) is 3. The topological polar surface area (TPSA) is 62.6 Å². The Bertz CT molecular complexity index is 881. The van der Waals surface area contributed by atoms with Gasteiger partial charge in [-0.3, -0.25) is 14.4 Å². The lowest BCUT2D eigenvalue weighted by atomic mass is 10.2. The maximum absolute atomic E-state index is 13.9. The summed E-state index contributed by atoms with van der Waals surface area (Å²) in [5.41, 5.74) is -0.0800. The van der Waals surface area contributed by atoms with Crippen LogP contribution in [0.4, 0.5) is 4.39 Å². The summed E-state index contributed by atoms with van der Waals surface area (Å²) in [5, 5.41) is 0. The van der Waals surface area contributed by atoms with Crippen molar-refractivity contribution >= 4 is 11.8 Å². The molecule has 27 heavy (non-hydrogen) atoms. The third kappa shape index (κ3) is 4.61. The molecule has 142 valence electrons. The molecule has 0 saturated carbocycles. The Morgan fingerprint density at radius 3 is 2.41 bits per heavy atom. The normalized spacial score (nSPS) is 14.7. The van der Waals surface area contributed by atoms with Crippen LogP contribution < -0.4 is 5.56 Å². The van der Waals surface area contributed by atoms with Gasteiger partial charge in [0.25, 0.3) is 11.5 Å². The SMILES string of the molecule is O=C(CCn1ccccc1=O)N1CCCN(C(=O)c2ccccc2F)CC1. The van der Waals surface area contributed by atoms with Crippen LogP contribution in [0.3, 0.4) is 0 Å². The molecule has 1 aromatic carbocycles. The maximum Gasteiger partial charge on any atom is 0.256 e. The number of aryl methyl sites for hydroxylation is 1. The number of aromatic nitrogens is 1. The van der Waals surface area contributed by atoms with Crippen LogP contribution in [0.1, 0.15) is 23.2 Å². The zero-order valence-corrected chi connectivity index (χ0v) is 15.0. The lowest BCUT2D eigenvalue weighted by Gasteiger charge is -2.22. The van der Waals surface area contributed by atoms with E-state index in [2.05, 4.69) is 0 Å². The lowest BCUT2D eigenvalue weighted by molar-refractivity contribution is -0.131. The summed E-state index contributed by atoms with van der Waals surface area (Å²) in [7, 11) is 0. The van der Waals surface area contributed by atoms with E-state index in [9.17, 15) is 18.8 Å². The fourth-order valence-corrected chi connectivity index (χ4v) is 3.19. The highest BCUT2D eigenvalue weighted by Gasteiger charge is 2.24. The molecule has 3 rings (SSSR count). The Kier molecular flexibility index (Phi) is 6.01. The van der Waals surface area contributed by atoms with Gasteiger partial charge in [-0.15, -0.1) is 0 Å². The van der Waals surface area contributed by atoms with Crippen molar-refractivity contribution in [2.45, 2.75) is 19.4 Å². The van der Waals surface area contributed by atoms with Crippen LogP contribution in [0.25, 0.3) is 0 Å². The first-order chi connectivity index (χ1) is 13.1. The Hall–Kier alpha value is -2.96. The third-order valence-electron chi connectivity index (χ3n) is 4.71. The number of benzene rings is 1. The Morgan fingerprint density at radius 1 is 0.926 bits per heavy atom. The van der Waals surface area contributed by atoms with E-state index in [1.165, 1.54) is 22.8 Å². The molecule has 0 atom stereocenters. The summed E-state index contributed by atoms with van der Waals surface area (Å²) in [6.07, 6.45) is 2.52. The second kappa shape index (κ2) is 8.62. The van der Waals surface area contributed by atoms with Gasteiger partial charge in [0, 0.05) is 51.4 Å². The number of hydrogen-bond acceptors (Lipinski definition) is 3. The molecule has 1 aliphatic rings. The quantitative estimate of drug-likeness (QED) is 0.823. The molecule has 0 N–H and O–H groups in total. The Balaban J connectivity index is 1.57. The van der Waals surface area contributed by atoms with Crippen molar-refractivity contribution in [1.82, 2.24) is 14.4 Å². The molecule has 2 aromatic rings. The van der Waals surface area contributed by atoms with Crippen molar-refractivity contribution in [3.05, 3.63) is 70.4 Å². The first kappa shape index (κ1) is 18.8. The van der Waals surface area contributed by atoms with Gasteiger partial charge in [-0.05, 0) is 24.6 Å². The average Bonchev–Trinajstić information content (AvgIpc) is 2.93. The van der Waals surface area contributed by atoms with Crippen LogP contribution in [-0.4, -0.2) is 52.4 Å². The largest absolute Gasteiger partial charge is 0.341 e. The first-order valence-corrected chi connectivity index (χ1v) is 9.03. The number of carbonyl (C=O) groups excluding carboxylic acids is 2. The summed E-state index contributed by atoms with van der Waals surface area (Å²) in [6.45, 7) is 2.12. The molecule has 0 unspecified atom stereocenters. The molecule has 2 heterocycles. The van der Waals surface area contributed by atoms with Crippen molar-refractivity contribution in [2.75, 3.05) is 26.2 Å². The summed E-state index contributed by atoms with van der Waals surface area (Å²) in [5.74, 6) is -0.933. The number of pyridine rings is 1. The van der Waals surface area contributed by atoms with E-state index in [0.717, 1.165) is 0 Å². The predicted molar refractivity (Wildman–Crippen MR) is 98.8 cm³/mol. The molecule has 0 spiro atoms. The van der Waals surface area contributed by atoms with E-state index in [-0.39, 0.29) is 29.4 Å². The monoisotopic (exact) mass is 371 g/mol. The van der Waals surface area contributed by atoms with E-state index in [0.29, 0.717) is 39.1 Å². The van der Waals surface area contributed by atoms with E-state index in [1.807, 2.05) is 0 Å². The Morgan fingerprint density at radius 2 is 1.63 bits per heavy atom. The van der Waals surface area contributed by atoms with E-state index >= 15 is 0 Å². The molecule has 0 radical (unpaired) electrons. The van der Waals surface area contributed by atoms with Crippen LogP contribution in [0, 0.1) is 5.82 Å². The second-order valence-corrected chi connectivity index (χ2v) is 6.49. The average molecular weight is 371 g/mol. The molecule has 7 heteroatoms. The van der Waals surface area contributed by atoms with Crippen LogP contribution in [0.2, 0.25) is 0 Å². The van der Waals surface area contributed by atoms with Crippen LogP contribution >= 0.6 is 0 Å². The van der Waals surface area contributed by atoms with Gasteiger partial charge in [-0.25, -0.2) is 4.39 Å². The molecule has 6 nitrogen and oxygen atoms in total. The molecular weight excluding hydrogens is 349 g/mol. The minimum atomic E-state index is -0.534. The zero-order valence-electron chi connectivity index (χ0n) is 15.0. The Labute approximate surface area is 156 Å². The highest BCUT2D eigenvalue weighted by Crippen LogP contribution is 2.13. The van der Waals surface area contributed by atoms with Gasteiger partial charge >= 0.3 is 0 Å². The summed E-state index contributed by atoms with van der Waals surface area (Å²) < 4.78 is 15.4. The van der Waals surface area contributed by atoms with Gasteiger partial charge in [0.1, 0.15) is 5.82 Å². The predicted octanol–water partition coefficient (Wildman–Crippen LogP) is 1.75. The summed E-state index contributed by atoms with van der Waals surface area (Å²) in [6, 6.07) is 10.8. The third-order valence-corrected chi connectivity index (χ3v) is 4.71.